The Morgan fingerprint density at radius 1 is 1.12 bits per heavy atom. The Labute approximate surface area is 145 Å². The first-order valence-electron chi connectivity index (χ1n) is 9.89. The van der Waals surface area contributed by atoms with E-state index in [-0.39, 0.29) is 10.8 Å². The molecule has 0 aromatic carbocycles. The average Bonchev–Trinajstić information content (AvgIpc) is 2.86. The molecule has 24 heavy (non-hydrogen) atoms. The van der Waals surface area contributed by atoms with E-state index in [1.165, 1.54) is 24.0 Å². The zero-order valence-electron chi connectivity index (χ0n) is 15.4. The van der Waals surface area contributed by atoms with Crippen molar-refractivity contribution in [2.45, 2.75) is 78.6 Å². The molecule has 0 aromatic rings. The molecule has 4 aliphatic carbocycles. The van der Waals surface area contributed by atoms with E-state index in [9.17, 15) is 9.59 Å². The lowest BCUT2D eigenvalue weighted by molar-refractivity contribution is -0.136. The van der Waals surface area contributed by atoms with Gasteiger partial charge >= 0.3 is 0 Å². The van der Waals surface area contributed by atoms with Crippen LogP contribution in [0, 0.1) is 22.7 Å². The van der Waals surface area contributed by atoms with Gasteiger partial charge in [-0.25, -0.2) is 0 Å². The highest BCUT2D eigenvalue weighted by molar-refractivity contribution is 5.93. The fourth-order valence-electron chi connectivity index (χ4n) is 6.65. The maximum Gasteiger partial charge on any atom is 0.156 e. The number of rotatable bonds is 2. The van der Waals surface area contributed by atoms with Crippen molar-refractivity contribution < 1.29 is 9.59 Å². The molecule has 4 rings (SSSR count). The topological polar surface area (TPSA) is 34.1 Å². The van der Waals surface area contributed by atoms with E-state index >= 15 is 0 Å². The normalized spacial score (nSPS) is 41.5. The molecule has 0 bridgehead atoms. The third kappa shape index (κ3) is 2.01. The summed E-state index contributed by atoms with van der Waals surface area (Å²) in [5, 5.41) is 0. The Balaban J connectivity index is 1.72. The predicted molar refractivity (Wildman–Crippen MR) is 95.5 cm³/mol. The van der Waals surface area contributed by atoms with Gasteiger partial charge in [-0.2, -0.15) is 0 Å². The lowest BCUT2D eigenvalue weighted by Gasteiger charge is -2.52. The molecular weight excluding hydrogens is 296 g/mol. The SMILES string of the molecule is CCC(=O)[C@]1(C)CC[C@@H]2[C@@H]3CCC4=CC(=O)CCC4=C3CC[C@@]21C. The smallest absolute Gasteiger partial charge is 0.156 e. The standard InChI is InChI=1S/C22H30O2/c1-4-20(24)22(3)12-10-19-18-7-5-14-13-15(23)6-8-16(14)17(18)9-11-21(19,22)2/h13,18-19H,4-12H2,1-3H3/t18-,19-,21+,22+/m1/s1. The number of Topliss-reactive ketones (excluding diaryl/α,β-unsaturated/α-hetero) is 1. The third-order valence-electron chi connectivity index (χ3n) is 8.27. The first-order valence-corrected chi connectivity index (χ1v) is 9.89. The molecule has 0 saturated heterocycles. The second-order valence-electron chi connectivity index (χ2n) is 8.96. The Morgan fingerprint density at radius 2 is 1.92 bits per heavy atom. The maximum absolute atomic E-state index is 12.8. The summed E-state index contributed by atoms with van der Waals surface area (Å²) < 4.78 is 0. The summed E-state index contributed by atoms with van der Waals surface area (Å²) in [5.41, 5.74) is 4.58. The molecule has 0 aromatic heterocycles. The Morgan fingerprint density at radius 3 is 2.67 bits per heavy atom. The van der Waals surface area contributed by atoms with Crippen LogP contribution in [0.15, 0.2) is 22.8 Å². The van der Waals surface area contributed by atoms with Gasteiger partial charge in [0.05, 0.1) is 0 Å². The summed E-state index contributed by atoms with van der Waals surface area (Å²) in [7, 11) is 0. The largest absolute Gasteiger partial charge is 0.299 e. The van der Waals surface area contributed by atoms with Gasteiger partial charge in [-0.1, -0.05) is 26.3 Å². The Hall–Kier alpha value is -1.18. The van der Waals surface area contributed by atoms with Crippen LogP contribution in [0.2, 0.25) is 0 Å². The van der Waals surface area contributed by atoms with Gasteiger partial charge < -0.3 is 0 Å². The summed E-state index contributed by atoms with van der Waals surface area (Å²) in [6, 6.07) is 0. The van der Waals surface area contributed by atoms with E-state index in [2.05, 4.69) is 13.8 Å². The summed E-state index contributed by atoms with van der Waals surface area (Å²) in [6.45, 7) is 6.69. The minimum atomic E-state index is -0.124. The van der Waals surface area contributed by atoms with E-state index in [1.54, 1.807) is 5.57 Å². The number of ketones is 2. The highest BCUT2D eigenvalue weighted by Crippen LogP contribution is 2.67. The molecular formula is C22H30O2. The van der Waals surface area contributed by atoms with Crippen LogP contribution in [-0.2, 0) is 9.59 Å². The third-order valence-corrected chi connectivity index (χ3v) is 8.27. The van der Waals surface area contributed by atoms with Crippen molar-refractivity contribution in [1.29, 1.82) is 0 Å². The van der Waals surface area contributed by atoms with Gasteiger partial charge in [0.1, 0.15) is 5.78 Å². The molecule has 0 radical (unpaired) electrons. The lowest BCUT2D eigenvalue weighted by atomic mass is 9.51. The van der Waals surface area contributed by atoms with Gasteiger partial charge in [0.25, 0.3) is 0 Å². The van der Waals surface area contributed by atoms with Crippen molar-refractivity contribution in [1.82, 2.24) is 0 Å². The van der Waals surface area contributed by atoms with Gasteiger partial charge in [-0.05, 0) is 79.4 Å². The highest BCUT2D eigenvalue weighted by atomic mass is 16.1. The number of hydrogen-bond donors (Lipinski definition) is 0. The first kappa shape index (κ1) is 16.3. The molecule has 0 spiro atoms. The first-order chi connectivity index (χ1) is 11.4. The molecule has 4 aliphatic rings. The van der Waals surface area contributed by atoms with Crippen LogP contribution in [0.5, 0.6) is 0 Å². The maximum atomic E-state index is 12.8. The fourth-order valence-corrected chi connectivity index (χ4v) is 6.65. The van der Waals surface area contributed by atoms with Gasteiger partial charge in [0, 0.05) is 18.3 Å². The number of fused-ring (bicyclic) bond motifs is 4. The van der Waals surface area contributed by atoms with E-state index < -0.39 is 0 Å². The van der Waals surface area contributed by atoms with Crippen molar-refractivity contribution in [3.05, 3.63) is 22.8 Å². The Bertz CT molecular complexity index is 667. The van der Waals surface area contributed by atoms with Crippen molar-refractivity contribution >= 4 is 11.6 Å². The zero-order chi connectivity index (χ0) is 17.1. The van der Waals surface area contributed by atoms with Crippen LogP contribution in [0.3, 0.4) is 0 Å². The predicted octanol–water partition coefficient (Wildman–Crippen LogP) is 5.18. The van der Waals surface area contributed by atoms with Crippen LogP contribution < -0.4 is 0 Å². The molecule has 0 N–H and O–H groups in total. The monoisotopic (exact) mass is 326 g/mol. The van der Waals surface area contributed by atoms with Gasteiger partial charge in [-0.15, -0.1) is 0 Å². The quantitative estimate of drug-likeness (QED) is 0.701. The van der Waals surface area contributed by atoms with Crippen LogP contribution in [0.1, 0.15) is 78.6 Å². The molecule has 2 heteroatoms. The van der Waals surface area contributed by atoms with Crippen LogP contribution in [0.4, 0.5) is 0 Å². The molecule has 0 unspecified atom stereocenters. The fraction of sp³-hybridized carbons (Fsp3) is 0.727. The molecule has 0 aliphatic heterocycles. The molecule has 4 atom stereocenters. The molecule has 130 valence electrons. The summed E-state index contributed by atoms with van der Waals surface area (Å²) >= 11 is 0. The van der Waals surface area contributed by atoms with E-state index in [4.69, 9.17) is 0 Å². The average molecular weight is 326 g/mol. The van der Waals surface area contributed by atoms with E-state index in [0.717, 1.165) is 32.1 Å². The summed E-state index contributed by atoms with van der Waals surface area (Å²) in [4.78, 5) is 24.5. The van der Waals surface area contributed by atoms with Crippen LogP contribution in [0.25, 0.3) is 0 Å². The molecule has 0 amide bonds. The second kappa shape index (κ2) is 5.41. The zero-order valence-corrected chi connectivity index (χ0v) is 15.4. The van der Waals surface area contributed by atoms with Crippen LogP contribution >= 0.6 is 0 Å². The number of allylic oxidation sites excluding steroid dienone is 4. The van der Waals surface area contributed by atoms with Crippen molar-refractivity contribution in [2.75, 3.05) is 0 Å². The van der Waals surface area contributed by atoms with Crippen molar-refractivity contribution in [3.63, 3.8) is 0 Å². The highest BCUT2D eigenvalue weighted by Gasteiger charge is 2.61. The second-order valence-corrected chi connectivity index (χ2v) is 8.96. The Kier molecular flexibility index (Phi) is 3.67. The number of hydrogen-bond acceptors (Lipinski definition) is 2. The minimum Gasteiger partial charge on any atom is -0.299 e. The van der Waals surface area contributed by atoms with E-state index in [1.807, 2.05) is 13.0 Å². The van der Waals surface area contributed by atoms with Crippen LogP contribution in [-0.4, -0.2) is 11.6 Å². The van der Waals surface area contributed by atoms with Crippen molar-refractivity contribution in [2.24, 2.45) is 22.7 Å². The van der Waals surface area contributed by atoms with Gasteiger partial charge in [-0.3, -0.25) is 9.59 Å². The van der Waals surface area contributed by atoms with Gasteiger partial charge in [0.2, 0.25) is 0 Å². The summed E-state index contributed by atoms with van der Waals surface area (Å²) in [5.74, 6) is 2.11. The van der Waals surface area contributed by atoms with Crippen molar-refractivity contribution in [3.8, 4) is 0 Å². The number of carbonyl (C=O) groups is 2. The molecule has 0 heterocycles. The summed E-state index contributed by atoms with van der Waals surface area (Å²) in [6.07, 6.45) is 11.1. The molecule has 2 saturated carbocycles. The molecule has 2 fully saturated rings. The number of carbonyl (C=O) groups excluding carboxylic acids is 2. The van der Waals surface area contributed by atoms with Gasteiger partial charge in [0.15, 0.2) is 5.78 Å². The lowest BCUT2D eigenvalue weighted by Crippen LogP contribution is -2.47. The molecule has 2 nitrogen and oxygen atoms in total. The van der Waals surface area contributed by atoms with E-state index in [0.29, 0.717) is 36.2 Å². The minimum absolute atomic E-state index is 0.124.